The van der Waals surface area contributed by atoms with Crippen molar-refractivity contribution in [3.63, 3.8) is 0 Å². The summed E-state index contributed by atoms with van der Waals surface area (Å²) in [5.74, 6) is 0.308. The fourth-order valence-electron chi connectivity index (χ4n) is 5.60. The molecule has 3 aromatic carbocycles. The van der Waals surface area contributed by atoms with Crippen molar-refractivity contribution >= 4 is 34.7 Å². The Hall–Kier alpha value is -4.37. The molecule has 2 amide bonds. The molecule has 5 rings (SSSR count). The van der Waals surface area contributed by atoms with Gasteiger partial charge in [-0.2, -0.15) is 0 Å². The monoisotopic (exact) mass is 616 g/mol. The van der Waals surface area contributed by atoms with Crippen LogP contribution in [0.1, 0.15) is 69.4 Å². The summed E-state index contributed by atoms with van der Waals surface area (Å²) in [7, 11) is 0. The van der Waals surface area contributed by atoms with Gasteiger partial charge >= 0.3 is 12.2 Å². The number of alkyl carbamates (subject to hydrolysis) is 2. The lowest BCUT2D eigenvalue weighted by atomic mass is 9.98. The topological polar surface area (TPSA) is 112 Å². The highest BCUT2D eigenvalue weighted by Crippen LogP contribution is 2.44. The predicted octanol–water partition coefficient (Wildman–Crippen LogP) is 6.95. The number of ether oxygens (including phenoxy) is 2. The molecular formula is C34H37ClN4O5. The van der Waals surface area contributed by atoms with Crippen LogP contribution in [0.15, 0.2) is 71.5 Å². The lowest BCUT2D eigenvalue weighted by Gasteiger charge is -2.23. The minimum absolute atomic E-state index is 0.0789. The minimum atomic E-state index is -0.619. The van der Waals surface area contributed by atoms with Crippen LogP contribution in [-0.4, -0.2) is 40.5 Å². The van der Waals surface area contributed by atoms with Gasteiger partial charge in [-0.05, 0) is 68.0 Å². The van der Waals surface area contributed by atoms with Crippen LogP contribution in [0.4, 0.5) is 9.59 Å². The summed E-state index contributed by atoms with van der Waals surface area (Å²) in [4.78, 5) is 43.8. The molecule has 0 fully saturated rings. The van der Waals surface area contributed by atoms with E-state index in [1.165, 1.54) is 4.57 Å². The Morgan fingerprint density at radius 3 is 2.27 bits per heavy atom. The average Bonchev–Trinajstić information content (AvgIpc) is 3.30. The summed E-state index contributed by atoms with van der Waals surface area (Å²) in [6.45, 7) is 7.95. The predicted molar refractivity (Wildman–Crippen MR) is 171 cm³/mol. The van der Waals surface area contributed by atoms with Crippen LogP contribution in [0, 0.1) is 0 Å². The first-order valence-corrected chi connectivity index (χ1v) is 15.2. The number of aromatic nitrogens is 2. The molecule has 10 heteroatoms. The summed E-state index contributed by atoms with van der Waals surface area (Å²) in [6.07, 6.45) is -0.255. The number of rotatable bonds is 9. The van der Waals surface area contributed by atoms with Crippen molar-refractivity contribution in [3.05, 3.63) is 99.1 Å². The first-order chi connectivity index (χ1) is 21.1. The zero-order valence-corrected chi connectivity index (χ0v) is 26.1. The number of amides is 2. The van der Waals surface area contributed by atoms with Gasteiger partial charge in [0.25, 0.3) is 5.56 Å². The molecule has 1 aliphatic carbocycles. The van der Waals surface area contributed by atoms with Crippen molar-refractivity contribution in [1.29, 1.82) is 0 Å². The number of hydrogen-bond acceptors (Lipinski definition) is 6. The molecule has 230 valence electrons. The van der Waals surface area contributed by atoms with E-state index in [9.17, 15) is 14.4 Å². The van der Waals surface area contributed by atoms with Gasteiger partial charge in [0.1, 0.15) is 18.0 Å². The summed E-state index contributed by atoms with van der Waals surface area (Å²) in [5, 5.41) is 6.24. The lowest BCUT2D eigenvalue weighted by molar-refractivity contribution is 0.0526. The quantitative estimate of drug-likeness (QED) is 0.197. The second-order valence-corrected chi connectivity index (χ2v) is 12.2. The van der Waals surface area contributed by atoms with Gasteiger partial charge in [-0.1, -0.05) is 73.1 Å². The maximum atomic E-state index is 13.7. The molecule has 1 aromatic heterocycles. The highest BCUT2D eigenvalue weighted by molar-refractivity contribution is 6.35. The van der Waals surface area contributed by atoms with Crippen LogP contribution < -0.4 is 16.2 Å². The Labute approximate surface area is 261 Å². The van der Waals surface area contributed by atoms with E-state index in [-0.39, 0.29) is 31.2 Å². The molecule has 9 nitrogen and oxygen atoms in total. The fraction of sp³-hybridized carbons (Fsp3) is 0.353. The molecule has 0 bridgehead atoms. The lowest BCUT2D eigenvalue weighted by Crippen LogP contribution is -2.37. The van der Waals surface area contributed by atoms with Crippen molar-refractivity contribution in [2.75, 3.05) is 13.2 Å². The Kier molecular flexibility index (Phi) is 9.25. The van der Waals surface area contributed by atoms with Gasteiger partial charge in [-0.25, -0.2) is 14.6 Å². The molecule has 0 saturated carbocycles. The van der Waals surface area contributed by atoms with Gasteiger partial charge in [0, 0.05) is 19.0 Å². The van der Waals surface area contributed by atoms with Crippen molar-refractivity contribution in [2.24, 2.45) is 0 Å². The van der Waals surface area contributed by atoms with Gasteiger partial charge < -0.3 is 20.1 Å². The standard InChI is InChI=1S/C34H37ClN4O5/c1-5-27(38-33(42)43-20-25-23-14-8-6-12-21(23)22-13-7-9-15-24(22)25)30-37-28-17-10-16-26(35)29(28)31(40)39(30)19-11-18-36-32(41)44-34(2,3)4/h6-10,12-17,25,27H,5,11,18-20H2,1-4H3,(H,36,41)(H,38,42)/t27-/m0/s1. The maximum Gasteiger partial charge on any atom is 0.407 e. The molecule has 2 N–H and O–H groups in total. The van der Waals surface area contributed by atoms with Crippen LogP contribution in [0.25, 0.3) is 22.0 Å². The average molecular weight is 617 g/mol. The molecule has 0 saturated heterocycles. The van der Waals surface area contributed by atoms with Gasteiger partial charge in [-0.15, -0.1) is 0 Å². The SMILES string of the molecule is CC[C@H](NC(=O)OCC1c2ccccc2-c2ccccc21)c1nc2cccc(Cl)c2c(=O)n1CCCNC(=O)OC(C)(C)C. The number of fused-ring (bicyclic) bond motifs is 4. The third kappa shape index (κ3) is 6.73. The van der Waals surface area contributed by atoms with E-state index in [1.807, 2.05) is 31.2 Å². The smallest absolute Gasteiger partial charge is 0.407 e. The van der Waals surface area contributed by atoms with Gasteiger partial charge in [-0.3, -0.25) is 9.36 Å². The van der Waals surface area contributed by atoms with Crippen molar-refractivity contribution in [3.8, 4) is 11.1 Å². The van der Waals surface area contributed by atoms with E-state index in [0.29, 0.717) is 34.6 Å². The number of halogens is 1. The number of benzene rings is 3. The largest absolute Gasteiger partial charge is 0.449 e. The zero-order chi connectivity index (χ0) is 31.4. The number of carbonyl (C=O) groups is 2. The van der Waals surface area contributed by atoms with E-state index in [0.717, 1.165) is 22.3 Å². The fourth-order valence-corrected chi connectivity index (χ4v) is 5.85. The molecule has 0 unspecified atom stereocenters. The van der Waals surface area contributed by atoms with Crippen LogP contribution in [0.3, 0.4) is 0 Å². The second-order valence-electron chi connectivity index (χ2n) is 11.8. The first-order valence-electron chi connectivity index (χ1n) is 14.8. The van der Waals surface area contributed by atoms with Crippen molar-refractivity contribution in [1.82, 2.24) is 20.2 Å². The van der Waals surface area contributed by atoms with Crippen LogP contribution >= 0.6 is 11.6 Å². The van der Waals surface area contributed by atoms with E-state index >= 15 is 0 Å². The van der Waals surface area contributed by atoms with Crippen molar-refractivity contribution < 1.29 is 19.1 Å². The van der Waals surface area contributed by atoms with E-state index in [1.54, 1.807) is 39.0 Å². The molecule has 1 aliphatic rings. The highest BCUT2D eigenvalue weighted by atomic mass is 35.5. The van der Waals surface area contributed by atoms with Crippen LogP contribution in [0.2, 0.25) is 5.02 Å². The zero-order valence-electron chi connectivity index (χ0n) is 25.4. The van der Waals surface area contributed by atoms with E-state index in [4.69, 9.17) is 26.1 Å². The molecule has 0 spiro atoms. The number of carbonyl (C=O) groups excluding carboxylic acids is 2. The first kappa shape index (κ1) is 31.1. The Bertz CT molecular complexity index is 1700. The minimum Gasteiger partial charge on any atom is -0.449 e. The Morgan fingerprint density at radius 2 is 1.64 bits per heavy atom. The normalized spacial score (nSPS) is 13.2. The number of hydrogen-bond donors (Lipinski definition) is 2. The van der Waals surface area contributed by atoms with Gasteiger partial charge in [0.2, 0.25) is 0 Å². The molecular weight excluding hydrogens is 580 g/mol. The Morgan fingerprint density at radius 1 is 0.977 bits per heavy atom. The van der Waals surface area contributed by atoms with Crippen LogP contribution in [-0.2, 0) is 16.0 Å². The second kappa shape index (κ2) is 13.1. The molecule has 4 aromatic rings. The summed E-state index contributed by atoms with van der Waals surface area (Å²) in [5.41, 5.74) is 4.03. The maximum absolute atomic E-state index is 13.7. The van der Waals surface area contributed by atoms with E-state index in [2.05, 4.69) is 34.9 Å². The summed E-state index contributed by atoms with van der Waals surface area (Å²) < 4.78 is 12.6. The molecule has 1 atom stereocenters. The Balaban J connectivity index is 1.33. The summed E-state index contributed by atoms with van der Waals surface area (Å²) >= 11 is 6.41. The molecule has 0 radical (unpaired) electrons. The molecule has 0 aliphatic heterocycles. The highest BCUT2D eigenvalue weighted by Gasteiger charge is 2.30. The number of nitrogens with zero attached hydrogens (tertiary/aromatic N) is 2. The van der Waals surface area contributed by atoms with Crippen LogP contribution in [0.5, 0.6) is 0 Å². The number of nitrogens with one attached hydrogen (secondary N) is 2. The van der Waals surface area contributed by atoms with Gasteiger partial charge in [0.15, 0.2) is 0 Å². The van der Waals surface area contributed by atoms with Crippen molar-refractivity contribution in [2.45, 2.75) is 64.6 Å². The third-order valence-corrected chi connectivity index (χ3v) is 7.86. The van der Waals surface area contributed by atoms with E-state index < -0.39 is 23.8 Å². The van der Waals surface area contributed by atoms with Gasteiger partial charge in [0.05, 0.1) is 22.0 Å². The third-order valence-electron chi connectivity index (χ3n) is 7.54. The molecule has 1 heterocycles. The summed E-state index contributed by atoms with van der Waals surface area (Å²) in [6, 6.07) is 20.8. The molecule has 44 heavy (non-hydrogen) atoms.